The average molecular weight is 370 g/mol. The van der Waals surface area contributed by atoms with Crippen LogP contribution >= 0.6 is 0 Å². The topological polar surface area (TPSA) is 76.9 Å². The molecule has 4 aromatic rings. The number of carbonyl (C=O) groups excluding carboxylic acids is 1. The molecule has 4 rings (SSSR count). The van der Waals surface area contributed by atoms with Gasteiger partial charge in [-0.1, -0.05) is 24.3 Å². The van der Waals surface area contributed by atoms with E-state index in [1.54, 1.807) is 13.2 Å². The van der Waals surface area contributed by atoms with Gasteiger partial charge in [-0.05, 0) is 35.9 Å². The van der Waals surface area contributed by atoms with E-state index in [2.05, 4.69) is 15.3 Å². The van der Waals surface area contributed by atoms with Crippen LogP contribution < -0.4 is 10.9 Å². The second-order valence-corrected chi connectivity index (χ2v) is 6.55. The van der Waals surface area contributed by atoms with Crippen molar-refractivity contribution >= 4 is 22.5 Å². The summed E-state index contributed by atoms with van der Waals surface area (Å²) in [7, 11) is 1.68. The van der Waals surface area contributed by atoms with Gasteiger partial charge in [-0.2, -0.15) is 0 Å². The minimum absolute atomic E-state index is 0.0926. The molecule has 0 saturated carbocycles. The maximum absolute atomic E-state index is 12.5. The Morgan fingerprint density at radius 1 is 1.00 bits per heavy atom. The van der Waals surface area contributed by atoms with Crippen molar-refractivity contribution in [3.05, 3.63) is 77.5 Å². The van der Waals surface area contributed by atoms with Crippen molar-refractivity contribution in [2.45, 2.75) is 6.92 Å². The predicted octanol–water partition coefficient (Wildman–Crippen LogP) is 3.62. The zero-order valence-electron chi connectivity index (χ0n) is 15.5. The molecule has 1 N–H and O–H groups in total. The normalized spacial score (nSPS) is 10.8. The number of nitrogens with zero attached hydrogens (tertiary/aromatic N) is 3. The third-order valence-corrected chi connectivity index (χ3v) is 4.49. The second kappa shape index (κ2) is 7.08. The lowest BCUT2D eigenvalue weighted by Gasteiger charge is -2.11. The van der Waals surface area contributed by atoms with Crippen molar-refractivity contribution in [3.63, 3.8) is 0 Å². The molecule has 0 aliphatic heterocycles. The van der Waals surface area contributed by atoms with Crippen molar-refractivity contribution < 1.29 is 4.79 Å². The highest BCUT2D eigenvalue weighted by Gasteiger charge is 2.11. The minimum atomic E-state index is -0.128. The molecule has 2 aromatic carbocycles. The number of rotatable bonds is 3. The molecule has 2 heterocycles. The lowest BCUT2D eigenvalue weighted by molar-refractivity contribution is -0.114. The molecule has 138 valence electrons. The Morgan fingerprint density at radius 2 is 1.86 bits per heavy atom. The van der Waals surface area contributed by atoms with Crippen LogP contribution in [0.5, 0.6) is 0 Å². The summed E-state index contributed by atoms with van der Waals surface area (Å²) in [6, 6.07) is 17.0. The van der Waals surface area contributed by atoms with Gasteiger partial charge in [0.2, 0.25) is 5.91 Å². The van der Waals surface area contributed by atoms with E-state index in [-0.39, 0.29) is 11.5 Å². The summed E-state index contributed by atoms with van der Waals surface area (Å²) in [5, 5.41) is 3.35. The summed E-state index contributed by atoms with van der Waals surface area (Å²) >= 11 is 0. The number of aryl methyl sites for hydroxylation is 1. The van der Waals surface area contributed by atoms with Gasteiger partial charge in [0.1, 0.15) is 0 Å². The monoisotopic (exact) mass is 370 g/mol. The zero-order chi connectivity index (χ0) is 19.7. The molecule has 2 aromatic heterocycles. The second-order valence-electron chi connectivity index (χ2n) is 6.55. The van der Waals surface area contributed by atoms with E-state index < -0.39 is 0 Å². The van der Waals surface area contributed by atoms with Crippen molar-refractivity contribution in [3.8, 4) is 22.4 Å². The number of amides is 1. The first kappa shape index (κ1) is 17.6. The standard InChI is InChI=1S/C22H18N4O2/c1-14(27)25-17-6-3-5-16(11-17)21-18(7-4-10-23-21)15-8-9-20-19(12-15)22(28)26(2)13-24-20/h3-13H,1-2H3,(H,25,27). The number of nitrogens with one attached hydrogen (secondary N) is 1. The Morgan fingerprint density at radius 3 is 2.68 bits per heavy atom. The van der Waals surface area contributed by atoms with Gasteiger partial charge in [0.05, 0.1) is 22.9 Å². The van der Waals surface area contributed by atoms with Crippen LogP contribution in [0.4, 0.5) is 5.69 Å². The zero-order valence-corrected chi connectivity index (χ0v) is 15.5. The number of anilines is 1. The van der Waals surface area contributed by atoms with Gasteiger partial charge in [0.15, 0.2) is 0 Å². The maximum atomic E-state index is 12.5. The molecule has 0 spiro atoms. The van der Waals surface area contributed by atoms with E-state index in [1.807, 2.05) is 54.6 Å². The summed E-state index contributed by atoms with van der Waals surface area (Å²) in [5.41, 5.74) is 4.70. The summed E-state index contributed by atoms with van der Waals surface area (Å²) in [5.74, 6) is -0.128. The third-order valence-electron chi connectivity index (χ3n) is 4.49. The molecule has 0 bridgehead atoms. The molecular formula is C22H18N4O2. The van der Waals surface area contributed by atoms with Crippen LogP contribution in [-0.2, 0) is 11.8 Å². The van der Waals surface area contributed by atoms with E-state index in [4.69, 9.17) is 0 Å². The van der Waals surface area contributed by atoms with Gasteiger partial charge in [-0.15, -0.1) is 0 Å². The highest BCUT2D eigenvalue weighted by Crippen LogP contribution is 2.32. The number of aromatic nitrogens is 3. The van der Waals surface area contributed by atoms with Crippen LogP contribution in [0, 0.1) is 0 Å². The number of fused-ring (bicyclic) bond motifs is 1. The minimum Gasteiger partial charge on any atom is -0.326 e. The molecular weight excluding hydrogens is 352 g/mol. The molecule has 0 saturated heterocycles. The Balaban J connectivity index is 1.87. The highest BCUT2D eigenvalue weighted by molar-refractivity contribution is 5.91. The van der Waals surface area contributed by atoms with Crippen LogP contribution in [0.2, 0.25) is 0 Å². The van der Waals surface area contributed by atoms with E-state index >= 15 is 0 Å². The maximum Gasteiger partial charge on any atom is 0.260 e. The smallest absolute Gasteiger partial charge is 0.260 e. The summed E-state index contributed by atoms with van der Waals surface area (Å²) in [6.45, 7) is 1.47. The van der Waals surface area contributed by atoms with Gasteiger partial charge >= 0.3 is 0 Å². The third kappa shape index (κ3) is 3.27. The van der Waals surface area contributed by atoms with E-state index in [0.29, 0.717) is 16.6 Å². The van der Waals surface area contributed by atoms with E-state index in [9.17, 15) is 9.59 Å². The molecule has 0 aliphatic rings. The van der Waals surface area contributed by atoms with Gasteiger partial charge in [0, 0.05) is 37.0 Å². The van der Waals surface area contributed by atoms with Crippen LogP contribution in [0.3, 0.4) is 0 Å². The molecule has 1 amide bonds. The van der Waals surface area contributed by atoms with Crippen LogP contribution in [0.15, 0.2) is 71.9 Å². The molecule has 0 fully saturated rings. The number of benzene rings is 2. The van der Waals surface area contributed by atoms with Crippen molar-refractivity contribution in [2.75, 3.05) is 5.32 Å². The first-order valence-electron chi connectivity index (χ1n) is 8.82. The largest absolute Gasteiger partial charge is 0.326 e. The molecule has 0 unspecified atom stereocenters. The van der Waals surface area contributed by atoms with Crippen LogP contribution in [-0.4, -0.2) is 20.4 Å². The Hall–Kier alpha value is -3.80. The molecule has 0 aliphatic carbocycles. The number of pyridine rings is 1. The van der Waals surface area contributed by atoms with Gasteiger partial charge in [-0.3, -0.25) is 14.6 Å². The SMILES string of the molecule is CC(=O)Nc1cccc(-c2ncccc2-c2ccc3ncn(C)c(=O)c3c2)c1. The van der Waals surface area contributed by atoms with E-state index in [1.165, 1.54) is 17.8 Å². The van der Waals surface area contributed by atoms with Crippen LogP contribution in [0.1, 0.15) is 6.92 Å². The summed E-state index contributed by atoms with van der Waals surface area (Å²) in [6.07, 6.45) is 3.25. The molecule has 6 nitrogen and oxygen atoms in total. The summed E-state index contributed by atoms with van der Waals surface area (Å²) < 4.78 is 1.47. The molecule has 0 radical (unpaired) electrons. The van der Waals surface area contributed by atoms with Crippen LogP contribution in [0.25, 0.3) is 33.3 Å². The Kier molecular flexibility index (Phi) is 4.45. The fraction of sp³-hybridized carbons (Fsp3) is 0.0909. The first-order chi connectivity index (χ1) is 13.5. The fourth-order valence-electron chi connectivity index (χ4n) is 3.19. The first-order valence-corrected chi connectivity index (χ1v) is 8.82. The molecule has 0 atom stereocenters. The Labute approximate surface area is 161 Å². The van der Waals surface area contributed by atoms with Crippen molar-refractivity contribution in [1.29, 1.82) is 0 Å². The quantitative estimate of drug-likeness (QED) is 0.597. The Bertz CT molecular complexity index is 1260. The fourth-order valence-corrected chi connectivity index (χ4v) is 3.19. The lowest BCUT2D eigenvalue weighted by atomic mass is 9.98. The van der Waals surface area contributed by atoms with Gasteiger partial charge in [-0.25, -0.2) is 4.98 Å². The number of carbonyl (C=O) groups is 1. The van der Waals surface area contributed by atoms with Gasteiger partial charge < -0.3 is 9.88 Å². The predicted molar refractivity (Wildman–Crippen MR) is 110 cm³/mol. The highest BCUT2D eigenvalue weighted by atomic mass is 16.1. The molecule has 28 heavy (non-hydrogen) atoms. The van der Waals surface area contributed by atoms with Gasteiger partial charge in [0.25, 0.3) is 5.56 Å². The number of hydrogen-bond acceptors (Lipinski definition) is 4. The number of hydrogen-bond donors (Lipinski definition) is 1. The summed E-state index contributed by atoms with van der Waals surface area (Å²) in [4.78, 5) is 32.7. The van der Waals surface area contributed by atoms with E-state index in [0.717, 1.165) is 22.4 Å². The molecule has 6 heteroatoms. The lowest BCUT2D eigenvalue weighted by Crippen LogP contribution is -2.16. The van der Waals surface area contributed by atoms with Crippen molar-refractivity contribution in [2.24, 2.45) is 7.05 Å². The average Bonchev–Trinajstić information content (AvgIpc) is 2.70. The van der Waals surface area contributed by atoms with Crippen molar-refractivity contribution in [1.82, 2.24) is 14.5 Å².